The molecule has 8 heavy (non-hydrogen) atoms. The van der Waals surface area contributed by atoms with Crippen molar-refractivity contribution in [2.75, 3.05) is 12.5 Å². The van der Waals surface area contributed by atoms with Gasteiger partial charge in [0.2, 0.25) is 8.03 Å². The Morgan fingerprint density at radius 3 is 2.88 bits per heavy atom. The maximum Gasteiger partial charge on any atom is 0.213 e. The fraction of sp³-hybridized carbons (Fsp3) is 0.500. The number of halogens is 1. The highest BCUT2D eigenvalue weighted by molar-refractivity contribution is 7.42. The largest absolute Gasteiger partial charge is 0.326 e. The molecule has 0 bridgehead atoms. The van der Waals surface area contributed by atoms with Gasteiger partial charge in [-0.2, -0.15) is 0 Å². The van der Waals surface area contributed by atoms with E-state index in [1.165, 1.54) is 5.82 Å². The molecule has 4 heteroatoms. The van der Waals surface area contributed by atoms with Gasteiger partial charge < -0.3 is 4.52 Å². The lowest BCUT2D eigenvalue weighted by molar-refractivity contribution is 0.359. The molecule has 0 rings (SSSR count). The average Bonchev–Trinajstić information content (AvgIpc) is 1.83. The molecule has 0 fully saturated rings. The molecule has 0 aromatic carbocycles. The summed E-state index contributed by atoms with van der Waals surface area (Å²) in [4.78, 5) is 0. The van der Waals surface area contributed by atoms with E-state index in [2.05, 4.69) is 11.1 Å². The minimum Gasteiger partial charge on any atom is -0.326 e. The molecular formula is C4H8ClO2P. The van der Waals surface area contributed by atoms with E-state index in [9.17, 15) is 4.57 Å². The molecule has 0 aromatic heterocycles. The highest BCUT2D eigenvalue weighted by Gasteiger charge is 1.87. The first-order chi connectivity index (χ1) is 3.81. The van der Waals surface area contributed by atoms with Crippen LogP contribution in [0.3, 0.4) is 0 Å². The normalized spacial score (nSPS) is 13.1. The Labute approximate surface area is 54.4 Å². The summed E-state index contributed by atoms with van der Waals surface area (Å²) in [5.74, 6) is 1.67. The standard InChI is InChI=1S/C4H8ClO2P/c1-2-8(6)7-4-3-5/h2,8H,1,3-4H2. The lowest BCUT2D eigenvalue weighted by Gasteiger charge is -1.92. The van der Waals surface area contributed by atoms with Gasteiger partial charge in [0.1, 0.15) is 0 Å². The van der Waals surface area contributed by atoms with Gasteiger partial charge in [-0.05, 0) is 5.82 Å². The second-order valence-electron chi connectivity index (χ2n) is 1.06. The summed E-state index contributed by atoms with van der Waals surface area (Å²) < 4.78 is 15.0. The molecule has 0 N–H and O–H groups in total. The fourth-order valence-electron chi connectivity index (χ4n) is 0.198. The highest BCUT2D eigenvalue weighted by Crippen LogP contribution is 2.21. The monoisotopic (exact) mass is 154 g/mol. The molecule has 1 unspecified atom stereocenters. The zero-order valence-electron chi connectivity index (χ0n) is 4.39. The maximum atomic E-state index is 10.4. The summed E-state index contributed by atoms with van der Waals surface area (Å²) in [6.45, 7) is 3.62. The summed E-state index contributed by atoms with van der Waals surface area (Å²) in [6.07, 6.45) is 0. The second-order valence-corrected chi connectivity index (χ2v) is 2.77. The van der Waals surface area contributed by atoms with Crippen LogP contribution in [0.2, 0.25) is 0 Å². The molecular weight excluding hydrogens is 146 g/mol. The zero-order chi connectivity index (χ0) is 6.41. The van der Waals surface area contributed by atoms with Gasteiger partial charge in [-0.3, -0.25) is 4.57 Å². The van der Waals surface area contributed by atoms with Crippen LogP contribution >= 0.6 is 19.6 Å². The molecule has 2 nitrogen and oxygen atoms in total. The molecule has 0 amide bonds. The number of rotatable bonds is 4. The quantitative estimate of drug-likeness (QED) is 0.456. The smallest absolute Gasteiger partial charge is 0.213 e. The van der Waals surface area contributed by atoms with Crippen LogP contribution in [0.5, 0.6) is 0 Å². The van der Waals surface area contributed by atoms with E-state index < -0.39 is 8.03 Å². The molecule has 0 aromatic rings. The first-order valence-electron chi connectivity index (χ1n) is 2.16. The first-order valence-corrected chi connectivity index (χ1v) is 4.09. The van der Waals surface area contributed by atoms with E-state index >= 15 is 0 Å². The van der Waals surface area contributed by atoms with Crippen LogP contribution in [-0.2, 0) is 9.09 Å². The van der Waals surface area contributed by atoms with Gasteiger partial charge in [0.05, 0.1) is 6.61 Å². The van der Waals surface area contributed by atoms with Crippen molar-refractivity contribution in [2.24, 2.45) is 0 Å². The number of alkyl halides is 1. The van der Waals surface area contributed by atoms with Crippen molar-refractivity contribution < 1.29 is 9.09 Å². The Balaban J connectivity index is 3.11. The van der Waals surface area contributed by atoms with Crippen molar-refractivity contribution in [1.82, 2.24) is 0 Å². The van der Waals surface area contributed by atoms with Crippen molar-refractivity contribution in [3.63, 3.8) is 0 Å². The molecule has 0 radical (unpaired) electrons. The van der Waals surface area contributed by atoms with Gasteiger partial charge in [-0.1, -0.05) is 6.58 Å². The number of hydrogen-bond donors (Lipinski definition) is 0. The Hall–Kier alpha value is 0.220. The molecule has 0 aliphatic rings. The Bertz CT molecular complexity index is 94.0. The molecule has 0 saturated heterocycles. The van der Waals surface area contributed by atoms with E-state index in [1.54, 1.807) is 0 Å². The van der Waals surface area contributed by atoms with Crippen LogP contribution in [0.15, 0.2) is 12.4 Å². The predicted molar refractivity (Wildman–Crippen MR) is 35.9 cm³/mol. The van der Waals surface area contributed by atoms with E-state index in [-0.39, 0.29) is 0 Å². The van der Waals surface area contributed by atoms with Gasteiger partial charge in [-0.15, -0.1) is 11.6 Å². The SMILES string of the molecule is C=C[PH](=O)OCCCl. The third-order valence-electron chi connectivity index (χ3n) is 0.488. The topological polar surface area (TPSA) is 26.3 Å². The van der Waals surface area contributed by atoms with Gasteiger partial charge in [0.25, 0.3) is 0 Å². The predicted octanol–water partition coefficient (Wildman–Crippen LogP) is 1.86. The lowest BCUT2D eigenvalue weighted by atomic mass is 10.9. The maximum absolute atomic E-state index is 10.4. The third-order valence-corrected chi connectivity index (χ3v) is 1.46. The molecule has 0 aliphatic carbocycles. The third kappa shape index (κ3) is 4.38. The minimum absolute atomic E-state index is 0.339. The van der Waals surface area contributed by atoms with Gasteiger partial charge in [-0.25, -0.2) is 0 Å². The van der Waals surface area contributed by atoms with E-state index in [1.807, 2.05) is 0 Å². The van der Waals surface area contributed by atoms with Crippen LogP contribution in [0, 0.1) is 0 Å². The second kappa shape index (κ2) is 5.36. The minimum atomic E-state index is -1.96. The molecule has 0 heterocycles. The summed E-state index contributed by atoms with van der Waals surface area (Å²) in [6, 6.07) is 0. The van der Waals surface area contributed by atoms with Crippen LogP contribution in [0.1, 0.15) is 0 Å². The van der Waals surface area contributed by atoms with E-state index in [0.717, 1.165) is 0 Å². The van der Waals surface area contributed by atoms with E-state index in [4.69, 9.17) is 11.6 Å². The molecule has 1 atom stereocenters. The van der Waals surface area contributed by atoms with Gasteiger partial charge >= 0.3 is 0 Å². The first kappa shape index (κ1) is 8.22. The highest BCUT2D eigenvalue weighted by atomic mass is 35.5. The van der Waals surface area contributed by atoms with Gasteiger partial charge in [0.15, 0.2) is 0 Å². The molecule has 0 aliphatic heterocycles. The Morgan fingerprint density at radius 1 is 1.88 bits per heavy atom. The van der Waals surface area contributed by atoms with Crippen LogP contribution in [0.25, 0.3) is 0 Å². The Kier molecular flexibility index (Phi) is 5.51. The van der Waals surface area contributed by atoms with Gasteiger partial charge in [0, 0.05) is 5.88 Å². The molecule has 0 spiro atoms. The van der Waals surface area contributed by atoms with Crippen molar-refractivity contribution in [3.05, 3.63) is 12.4 Å². The van der Waals surface area contributed by atoms with Crippen molar-refractivity contribution in [1.29, 1.82) is 0 Å². The number of hydrogen-bond acceptors (Lipinski definition) is 2. The van der Waals surface area contributed by atoms with E-state index in [0.29, 0.717) is 12.5 Å². The van der Waals surface area contributed by atoms with Crippen molar-refractivity contribution >= 4 is 19.6 Å². The van der Waals surface area contributed by atoms with Crippen LogP contribution in [0.4, 0.5) is 0 Å². The summed E-state index contributed by atoms with van der Waals surface area (Å²) in [5, 5.41) is 0. The van der Waals surface area contributed by atoms with Crippen molar-refractivity contribution in [3.8, 4) is 0 Å². The Morgan fingerprint density at radius 2 is 2.50 bits per heavy atom. The molecule has 0 saturated carbocycles. The molecule has 48 valence electrons. The van der Waals surface area contributed by atoms with Crippen LogP contribution < -0.4 is 0 Å². The summed E-state index contributed by atoms with van der Waals surface area (Å²) in [7, 11) is -1.96. The lowest BCUT2D eigenvalue weighted by Crippen LogP contribution is -1.83. The van der Waals surface area contributed by atoms with Crippen LogP contribution in [-0.4, -0.2) is 12.5 Å². The van der Waals surface area contributed by atoms with Crippen molar-refractivity contribution in [2.45, 2.75) is 0 Å². The zero-order valence-corrected chi connectivity index (χ0v) is 6.15. The fourth-order valence-corrected chi connectivity index (χ4v) is 0.826. The average molecular weight is 155 g/mol. The summed E-state index contributed by atoms with van der Waals surface area (Å²) >= 11 is 5.22. The summed E-state index contributed by atoms with van der Waals surface area (Å²) in [5.41, 5.74) is 0.